The van der Waals surface area contributed by atoms with Crippen molar-refractivity contribution < 1.29 is 14.2 Å². The van der Waals surface area contributed by atoms with Crippen molar-refractivity contribution in [1.82, 2.24) is 15.0 Å². The average molecular weight is 309 g/mol. The molecule has 2 heterocycles. The SMILES string of the molecule is COc1nc(C)cc(Oc2ccc(Oc3ccccc3)nc2)n1. The van der Waals surface area contributed by atoms with E-state index in [1.807, 2.05) is 37.3 Å². The van der Waals surface area contributed by atoms with E-state index in [0.29, 0.717) is 17.5 Å². The van der Waals surface area contributed by atoms with Crippen molar-refractivity contribution >= 4 is 0 Å². The van der Waals surface area contributed by atoms with Crippen LogP contribution in [0.4, 0.5) is 0 Å². The molecule has 0 spiro atoms. The third-order valence-corrected chi connectivity index (χ3v) is 2.89. The summed E-state index contributed by atoms with van der Waals surface area (Å²) in [6.45, 7) is 1.84. The van der Waals surface area contributed by atoms with Gasteiger partial charge in [0.1, 0.15) is 11.5 Å². The molecule has 6 heteroatoms. The molecule has 0 bridgehead atoms. The third-order valence-electron chi connectivity index (χ3n) is 2.89. The molecule has 116 valence electrons. The van der Waals surface area contributed by atoms with Gasteiger partial charge in [-0.15, -0.1) is 0 Å². The van der Waals surface area contributed by atoms with Gasteiger partial charge in [-0.05, 0) is 25.1 Å². The smallest absolute Gasteiger partial charge is 0.319 e. The minimum atomic E-state index is 0.261. The van der Waals surface area contributed by atoms with E-state index >= 15 is 0 Å². The molecule has 2 aromatic heterocycles. The van der Waals surface area contributed by atoms with Crippen molar-refractivity contribution in [2.45, 2.75) is 6.92 Å². The Morgan fingerprint density at radius 2 is 1.61 bits per heavy atom. The first-order chi connectivity index (χ1) is 11.2. The Labute approximate surface area is 133 Å². The summed E-state index contributed by atoms with van der Waals surface area (Å²) in [4.78, 5) is 12.4. The van der Waals surface area contributed by atoms with Gasteiger partial charge in [0.05, 0.1) is 13.3 Å². The molecule has 23 heavy (non-hydrogen) atoms. The standard InChI is InChI=1S/C17H15N3O3/c1-12-10-16(20-17(19-12)21-2)23-14-8-9-15(18-11-14)22-13-6-4-3-5-7-13/h3-11H,1-2H3. The highest BCUT2D eigenvalue weighted by Crippen LogP contribution is 2.24. The Balaban J connectivity index is 1.71. The summed E-state index contributed by atoms with van der Waals surface area (Å²) in [6.07, 6.45) is 1.57. The van der Waals surface area contributed by atoms with Crippen molar-refractivity contribution in [2.24, 2.45) is 0 Å². The fraction of sp³-hybridized carbons (Fsp3) is 0.118. The first-order valence-corrected chi connectivity index (χ1v) is 6.99. The van der Waals surface area contributed by atoms with E-state index in [9.17, 15) is 0 Å². The second-order valence-electron chi connectivity index (χ2n) is 4.68. The highest BCUT2D eigenvalue weighted by Gasteiger charge is 2.06. The van der Waals surface area contributed by atoms with Crippen LogP contribution in [-0.4, -0.2) is 22.1 Å². The number of nitrogens with zero attached hydrogens (tertiary/aromatic N) is 3. The highest BCUT2D eigenvalue weighted by molar-refractivity contribution is 5.31. The monoisotopic (exact) mass is 309 g/mol. The third kappa shape index (κ3) is 3.94. The lowest BCUT2D eigenvalue weighted by Crippen LogP contribution is -1.97. The molecule has 0 radical (unpaired) electrons. The average Bonchev–Trinajstić information content (AvgIpc) is 2.57. The van der Waals surface area contributed by atoms with Gasteiger partial charge in [-0.1, -0.05) is 18.2 Å². The molecule has 6 nitrogen and oxygen atoms in total. The number of benzene rings is 1. The molecule has 3 rings (SSSR count). The molecule has 0 aliphatic carbocycles. The van der Waals surface area contributed by atoms with Gasteiger partial charge in [0.2, 0.25) is 11.8 Å². The molecular formula is C17H15N3O3. The topological polar surface area (TPSA) is 66.4 Å². The Morgan fingerprint density at radius 1 is 0.826 bits per heavy atom. The van der Waals surface area contributed by atoms with Crippen LogP contribution in [0.25, 0.3) is 0 Å². The molecule has 1 aromatic carbocycles. The number of pyridine rings is 1. The number of ether oxygens (including phenoxy) is 3. The van der Waals surface area contributed by atoms with Crippen LogP contribution in [0, 0.1) is 6.92 Å². The van der Waals surface area contributed by atoms with Crippen LogP contribution in [0.3, 0.4) is 0 Å². The molecule has 0 saturated heterocycles. The fourth-order valence-electron chi connectivity index (χ4n) is 1.87. The summed E-state index contributed by atoms with van der Waals surface area (Å²) in [5.41, 5.74) is 0.754. The van der Waals surface area contributed by atoms with E-state index in [0.717, 1.165) is 11.4 Å². The predicted octanol–water partition coefficient (Wildman–Crippen LogP) is 3.77. The summed E-state index contributed by atoms with van der Waals surface area (Å²) in [5.74, 6) is 2.16. The molecular weight excluding hydrogens is 294 g/mol. The second kappa shape index (κ2) is 6.74. The quantitative estimate of drug-likeness (QED) is 0.714. The number of aromatic nitrogens is 3. The number of methoxy groups -OCH3 is 1. The maximum Gasteiger partial charge on any atom is 0.319 e. The van der Waals surface area contributed by atoms with Crippen LogP contribution in [-0.2, 0) is 0 Å². The number of aryl methyl sites for hydroxylation is 1. The van der Waals surface area contributed by atoms with Crippen molar-refractivity contribution in [3.63, 3.8) is 0 Å². The number of hydrogen-bond acceptors (Lipinski definition) is 6. The summed E-state index contributed by atoms with van der Waals surface area (Å²) in [6, 6.07) is 14.9. The van der Waals surface area contributed by atoms with Crippen LogP contribution in [0.1, 0.15) is 5.69 Å². The van der Waals surface area contributed by atoms with Gasteiger partial charge in [-0.2, -0.15) is 4.98 Å². The van der Waals surface area contributed by atoms with E-state index in [-0.39, 0.29) is 6.01 Å². The Bertz CT molecular complexity index is 777. The predicted molar refractivity (Wildman–Crippen MR) is 84.1 cm³/mol. The Kier molecular flexibility index (Phi) is 4.33. The van der Waals surface area contributed by atoms with Gasteiger partial charge >= 0.3 is 6.01 Å². The number of rotatable bonds is 5. The molecule has 0 aliphatic rings. The molecule has 0 saturated carbocycles. The van der Waals surface area contributed by atoms with Gasteiger partial charge < -0.3 is 14.2 Å². The van der Waals surface area contributed by atoms with Crippen LogP contribution >= 0.6 is 0 Å². The summed E-state index contributed by atoms with van der Waals surface area (Å²) in [5, 5.41) is 0. The van der Waals surface area contributed by atoms with Gasteiger partial charge in [0, 0.05) is 17.8 Å². The van der Waals surface area contributed by atoms with Gasteiger partial charge in [0.15, 0.2) is 0 Å². The summed E-state index contributed by atoms with van der Waals surface area (Å²) in [7, 11) is 1.51. The van der Waals surface area contributed by atoms with E-state index < -0.39 is 0 Å². The Hall–Kier alpha value is -3.15. The number of para-hydroxylation sites is 1. The van der Waals surface area contributed by atoms with Crippen LogP contribution in [0.2, 0.25) is 0 Å². The zero-order valence-electron chi connectivity index (χ0n) is 12.8. The molecule has 0 N–H and O–H groups in total. The summed E-state index contributed by atoms with van der Waals surface area (Å²) < 4.78 is 16.3. The van der Waals surface area contributed by atoms with Crippen LogP contribution in [0.15, 0.2) is 54.7 Å². The van der Waals surface area contributed by atoms with Crippen molar-refractivity contribution in [3.05, 3.63) is 60.4 Å². The van der Waals surface area contributed by atoms with E-state index in [1.54, 1.807) is 24.4 Å². The normalized spacial score (nSPS) is 10.2. The molecule has 0 aliphatic heterocycles. The minimum absolute atomic E-state index is 0.261. The lowest BCUT2D eigenvalue weighted by molar-refractivity contribution is 0.364. The van der Waals surface area contributed by atoms with Gasteiger partial charge in [0.25, 0.3) is 0 Å². The zero-order valence-corrected chi connectivity index (χ0v) is 12.8. The molecule has 0 fully saturated rings. The lowest BCUT2D eigenvalue weighted by Gasteiger charge is -2.08. The lowest BCUT2D eigenvalue weighted by atomic mass is 10.3. The summed E-state index contributed by atoms with van der Waals surface area (Å²) >= 11 is 0. The minimum Gasteiger partial charge on any atom is -0.467 e. The first kappa shape index (κ1) is 14.8. The van der Waals surface area contributed by atoms with Crippen molar-refractivity contribution in [2.75, 3.05) is 7.11 Å². The zero-order chi connectivity index (χ0) is 16.1. The molecule has 0 amide bonds. The maximum atomic E-state index is 5.66. The van der Waals surface area contributed by atoms with Crippen LogP contribution < -0.4 is 14.2 Å². The Morgan fingerprint density at radius 3 is 2.30 bits per heavy atom. The molecule has 0 unspecified atom stereocenters. The van der Waals surface area contributed by atoms with Crippen LogP contribution in [0.5, 0.6) is 29.3 Å². The molecule has 0 atom stereocenters. The van der Waals surface area contributed by atoms with Crippen molar-refractivity contribution in [3.8, 4) is 29.3 Å². The first-order valence-electron chi connectivity index (χ1n) is 6.99. The fourth-order valence-corrected chi connectivity index (χ4v) is 1.87. The van der Waals surface area contributed by atoms with E-state index in [2.05, 4.69) is 15.0 Å². The highest BCUT2D eigenvalue weighted by atomic mass is 16.5. The van der Waals surface area contributed by atoms with Gasteiger partial charge in [-0.3, -0.25) is 0 Å². The van der Waals surface area contributed by atoms with E-state index in [4.69, 9.17) is 14.2 Å². The van der Waals surface area contributed by atoms with Gasteiger partial charge in [-0.25, -0.2) is 9.97 Å². The van der Waals surface area contributed by atoms with E-state index in [1.165, 1.54) is 7.11 Å². The second-order valence-corrected chi connectivity index (χ2v) is 4.68. The van der Waals surface area contributed by atoms with Crippen molar-refractivity contribution in [1.29, 1.82) is 0 Å². The molecule has 3 aromatic rings. The number of hydrogen-bond donors (Lipinski definition) is 0. The maximum absolute atomic E-state index is 5.66. The largest absolute Gasteiger partial charge is 0.467 e.